The van der Waals surface area contributed by atoms with Crippen molar-refractivity contribution in [3.8, 4) is 5.75 Å². The Hall–Kier alpha value is -2.86. The molecule has 156 valence electrons. The number of rotatable bonds is 8. The van der Waals surface area contributed by atoms with E-state index in [2.05, 4.69) is 16.0 Å². The Balaban J connectivity index is 1.77. The summed E-state index contributed by atoms with van der Waals surface area (Å²) in [6.45, 7) is 10.5. The summed E-state index contributed by atoms with van der Waals surface area (Å²) in [5.74, 6) is 0.555. The molecular formula is C23H31N3O3. The van der Waals surface area contributed by atoms with Crippen molar-refractivity contribution in [1.82, 2.24) is 10.6 Å². The fraction of sp³-hybridized carbons (Fsp3) is 0.391. The molecule has 0 heterocycles. The van der Waals surface area contributed by atoms with E-state index >= 15 is 0 Å². The molecule has 2 aromatic carbocycles. The first-order chi connectivity index (χ1) is 13.6. The zero-order valence-electron chi connectivity index (χ0n) is 17.8. The normalized spacial score (nSPS) is 11.2. The molecule has 0 aromatic heterocycles. The second-order valence-electron chi connectivity index (χ2n) is 8.24. The van der Waals surface area contributed by atoms with E-state index in [-0.39, 0.29) is 30.0 Å². The number of benzene rings is 2. The monoisotopic (exact) mass is 397 g/mol. The van der Waals surface area contributed by atoms with E-state index in [1.54, 1.807) is 24.3 Å². The molecule has 0 aliphatic rings. The molecule has 0 fully saturated rings. The van der Waals surface area contributed by atoms with Crippen LogP contribution in [0.3, 0.4) is 0 Å². The number of anilines is 1. The van der Waals surface area contributed by atoms with Gasteiger partial charge in [0.25, 0.3) is 5.91 Å². The summed E-state index contributed by atoms with van der Waals surface area (Å²) < 4.78 is 5.62. The van der Waals surface area contributed by atoms with Crippen molar-refractivity contribution in [2.75, 3.05) is 11.9 Å². The fourth-order valence-corrected chi connectivity index (χ4v) is 2.60. The Morgan fingerprint density at radius 1 is 0.966 bits per heavy atom. The molecule has 29 heavy (non-hydrogen) atoms. The van der Waals surface area contributed by atoms with Gasteiger partial charge in [0.05, 0.1) is 12.6 Å². The van der Waals surface area contributed by atoms with E-state index in [4.69, 9.17) is 4.74 Å². The van der Waals surface area contributed by atoms with Crippen molar-refractivity contribution in [3.63, 3.8) is 0 Å². The van der Waals surface area contributed by atoms with E-state index in [0.29, 0.717) is 17.8 Å². The number of hydrogen-bond acceptors (Lipinski definition) is 4. The molecule has 0 aliphatic heterocycles. The van der Waals surface area contributed by atoms with Crippen LogP contribution in [-0.2, 0) is 11.3 Å². The summed E-state index contributed by atoms with van der Waals surface area (Å²) in [6.07, 6.45) is 0.143. The van der Waals surface area contributed by atoms with E-state index in [1.165, 1.54) is 0 Å². The molecule has 0 saturated carbocycles. The summed E-state index contributed by atoms with van der Waals surface area (Å²) >= 11 is 0. The van der Waals surface area contributed by atoms with E-state index in [1.807, 2.05) is 58.9 Å². The lowest BCUT2D eigenvalue weighted by Gasteiger charge is -2.20. The molecule has 0 unspecified atom stereocenters. The Bertz CT molecular complexity index is 807. The highest BCUT2D eigenvalue weighted by Gasteiger charge is 2.15. The Labute approximate surface area is 173 Å². The highest BCUT2D eigenvalue weighted by Crippen LogP contribution is 2.14. The third-order valence-corrected chi connectivity index (χ3v) is 3.83. The molecule has 2 rings (SSSR count). The molecule has 0 saturated heterocycles. The van der Waals surface area contributed by atoms with E-state index < -0.39 is 0 Å². The lowest BCUT2D eigenvalue weighted by atomic mass is 10.1. The van der Waals surface area contributed by atoms with Gasteiger partial charge in [0.1, 0.15) is 5.75 Å². The summed E-state index contributed by atoms with van der Waals surface area (Å²) in [5.41, 5.74) is 1.99. The third-order valence-electron chi connectivity index (χ3n) is 3.83. The SMILES string of the molecule is CC(C)Oc1ccc(CNCC(=O)Nc2ccc(C(=O)NC(C)(C)C)cc2)cc1. The van der Waals surface area contributed by atoms with Gasteiger partial charge < -0.3 is 20.7 Å². The van der Waals surface area contributed by atoms with Crippen molar-refractivity contribution < 1.29 is 14.3 Å². The Morgan fingerprint density at radius 2 is 1.59 bits per heavy atom. The van der Waals surface area contributed by atoms with Crippen LogP contribution < -0.4 is 20.7 Å². The van der Waals surface area contributed by atoms with Crippen LogP contribution in [0, 0.1) is 0 Å². The number of carbonyl (C=O) groups is 2. The average Bonchev–Trinajstić information content (AvgIpc) is 2.62. The van der Waals surface area contributed by atoms with Crippen molar-refractivity contribution in [3.05, 3.63) is 59.7 Å². The zero-order valence-corrected chi connectivity index (χ0v) is 17.8. The molecule has 2 amide bonds. The van der Waals surface area contributed by atoms with Gasteiger partial charge in [0, 0.05) is 23.3 Å². The second kappa shape index (κ2) is 10.1. The maximum Gasteiger partial charge on any atom is 0.251 e. The van der Waals surface area contributed by atoms with Crippen LogP contribution in [0.1, 0.15) is 50.5 Å². The Morgan fingerprint density at radius 3 is 2.14 bits per heavy atom. The number of carbonyl (C=O) groups excluding carboxylic acids is 2. The van der Waals surface area contributed by atoms with Crippen molar-refractivity contribution in [2.24, 2.45) is 0 Å². The van der Waals surface area contributed by atoms with Gasteiger partial charge in [-0.15, -0.1) is 0 Å². The molecule has 3 N–H and O–H groups in total. The minimum atomic E-state index is -0.294. The lowest BCUT2D eigenvalue weighted by Crippen LogP contribution is -2.40. The zero-order chi connectivity index (χ0) is 21.4. The average molecular weight is 398 g/mol. The predicted molar refractivity (Wildman–Crippen MR) is 116 cm³/mol. The molecule has 2 aromatic rings. The maximum absolute atomic E-state index is 12.1. The molecule has 6 nitrogen and oxygen atoms in total. The molecular weight excluding hydrogens is 366 g/mol. The van der Waals surface area contributed by atoms with Crippen LogP contribution >= 0.6 is 0 Å². The number of nitrogens with one attached hydrogen (secondary N) is 3. The first-order valence-electron chi connectivity index (χ1n) is 9.81. The first kappa shape index (κ1) is 22.4. The summed E-state index contributed by atoms with van der Waals surface area (Å²) in [7, 11) is 0. The van der Waals surface area contributed by atoms with Gasteiger partial charge in [-0.1, -0.05) is 12.1 Å². The van der Waals surface area contributed by atoms with Gasteiger partial charge in [0.15, 0.2) is 0 Å². The van der Waals surface area contributed by atoms with Gasteiger partial charge in [0.2, 0.25) is 5.91 Å². The van der Waals surface area contributed by atoms with Gasteiger partial charge in [-0.3, -0.25) is 9.59 Å². The van der Waals surface area contributed by atoms with E-state index in [9.17, 15) is 9.59 Å². The van der Waals surface area contributed by atoms with Gasteiger partial charge in [-0.2, -0.15) is 0 Å². The van der Waals surface area contributed by atoms with Crippen LogP contribution in [0.4, 0.5) is 5.69 Å². The van der Waals surface area contributed by atoms with Crippen molar-refractivity contribution >= 4 is 17.5 Å². The van der Waals surface area contributed by atoms with E-state index in [0.717, 1.165) is 11.3 Å². The molecule has 0 radical (unpaired) electrons. The standard InChI is InChI=1S/C23H31N3O3/c1-16(2)29-20-12-6-17(7-13-20)14-24-15-21(27)25-19-10-8-18(9-11-19)22(28)26-23(3,4)5/h6-13,16,24H,14-15H2,1-5H3,(H,25,27)(H,26,28). The predicted octanol–water partition coefficient (Wildman–Crippen LogP) is 3.73. The largest absolute Gasteiger partial charge is 0.491 e. The van der Waals surface area contributed by atoms with Crippen molar-refractivity contribution in [2.45, 2.75) is 52.8 Å². The highest BCUT2D eigenvalue weighted by molar-refractivity contribution is 5.96. The second-order valence-corrected chi connectivity index (χ2v) is 8.24. The lowest BCUT2D eigenvalue weighted by molar-refractivity contribution is -0.115. The Kier molecular flexibility index (Phi) is 7.79. The van der Waals surface area contributed by atoms with Gasteiger partial charge in [-0.05, 0) is 76.6 Å². The van der Waals surface area contributed by atoms with Crippen LogP contribution in [0.2, 0.25) is 0 Å². The van der Waals surface area contributed by atoms with Gasteiger partial charge >= 0.3 is 0 Å². The minimum absolute atomic E-state index is 0.137. The van der Waals surface area contributed by atoms with Crippen LogP contribution in [0.5, 0.6) is 5.75 Å². The number of ether oxygens (including phenoxy) is 1. The van der Waals surface area contributed by atoms with Crippen LogP contribution in [0.15, 0.2) is 48.5 Å². The molecule has 0 aliphatic carbocycles. The molecule has 0 atom stereocenters. The summed E-state index contributed by atoms with van der Waals surface area (Å²) in [5, 5.41) is 8.85. The smallest absolute Gasteiger partial charge is 0.251 e. The fourth-order valence-electron chi connectivity index (χ4n) is 2.60. The summed E-state index contributed by atoms with van der Waals surface area (Å²) in [6, 6.07) is 14.7. The molecule has 0 spiro atoms. The molecule has 6 heteroatoms. The van der Waals surface area contributed by atoms with Crippen molar-refractivity contribution in [1.29, 1.82) is 0 Å². The molecule has 0 bridgehead atoms. The number of hydrogen-bond donors (Lipinski definition) is 3. The first-order valence-corrected chi connectivity index (χ1v) is 9.81. The quantitative estimate of drug-likeness (QED) is 0.634. The maximum atomic E-state index is 12.1. The topological polar surface area (TPSA) is 79.5 Å². The third kappa shape index (κ3) is 8.35. The van der Waals surface area contributed by atoms with Gasteiger partial charge in [-0.25, -0.2) is 0 Å². The minimum Gasteiger partial charge on any atom is -0.491 e. The summed E-state index contributed by atoms with van der Waals surface area (Å²) in [4.78, 5) is 24.2. The highest BCUT2D eigenvalue weighted by atomic mass is 16.5. The number of amides is 2. The van der Waals surface area contributed by atoms with Crippen LogP contribution in [0.25, 0.3) is 0 Å². The van der Waals surface area contributed by atoms with Crippen LogP contribution in [-0.4, -0.2) is 30.0 Å².